The average molecular weight is 261 g/mol. The maximum atomic E-state index is 9.51. The van der Waals surface area contributed by atoms with E-state index in [4.69, 9.17) is 0 Å². The van der Waals surface area contributed by atoms with Crippen LogP contribution in [0.5, 0.6) is 0 Å². The van der Waals surface area contributed by atoms with Gasteiger partial charge in [-0.2, -0.15) is 0 Å². The van der Waals surface area contributed by atoms with Gasteiger partial charge in [-0.25, -0.2) is 0 Å². The van der Waals surface area contributed by atoms with Gasteiger partial charge in [-0.3, -0.25) is 4.90 Å². The van der Waals surface area contributed by atoms with Crippen LogP contribution in [0.4, 0.5) is 0 Å². The monoisotopic (exact) mass is 261 g/mol. The second kappa shape index (κ2) is 7.06. The van der Waals surface area contributed by atoms with Gasteiger partial charge in [-0.1, -0.05) is 32.0 Å². The van der Waals surface area contributed by atoms with E-state index in [9.17, 15) is 5.11 Å². The Morgan fingerprint density at radius 1 is 1.21 bits per heavy atom. The molecule has 0 radical (unpaired) electrons. The summed E-state index contributed by atoms with van der Waals surface area (Å²) in [4.78, 5) is 2.64. The molecule has 0 fully saturated rings. The highest BCUT2D eigenvalue weighted by molar-refractivity contribution is 5.38. The summed E-state index contributed by atoms with van der Waals surface area (Å²) in [5.74, 6) is 0. The molecule has 19 heavy (non-hydrogen) atoms. The minimum absolute atomic E-state index is 0.178. The van der Waals surface area contributed by atoms with E-state index in [-0.39, 0.29) is 6.61 Å². The Bertz CT molecular complexity index is 396. The highest BCUT2D eigenvalue weighted by Crippen LogP contribution is 2.36. The number of benzene rings is 1. The fraction of sp³-hybridized carbons (Fsp3) is 0.647. The van der Waals surface area contributed by atoms with Crippen LogP contribution >= 0.6 is 0 Å². The number of fused-ring (bicyclic) bond motifs is 1. The molecule has 1 aliphatic carbocycles. The molecule has 1 N–H and O–H groups in total. The van der Waals surface area contributed by atoms with E-state index >= 15 is 0 Å². The maximum Gasteiger partial charge on any atom is 0.0684 e. The van der Waals surface area contributed by atoms with Gasteiger partial charge in [0, 0.05) is 6.04 Å². The summed E-state index contributed by atoms with van der Waals surface area (Å²) < 4.78 is 0. The molecule has 1 unspecified atom stereocenters. The lowest BCUT2D eigenvalue weighted by Gasteiger charge is -2.36. The first-order valence-corrected chi connectivity index (χ1v) is 7.77. The summed E-state index contributed by atoms with van der Waals surface area (Å²) in [6.45, 7) is 7.06. The second-order valence-electron chi connectivity index (χ2n) is 5.59. The van der Waals surface area contributed by atoms with Crippen molar-refractivity contribution in [1.82, 2.24) is 4.90 Å². The van der Waals surface area contributed by atoms with Crippen molar-refractivity contribution in [2.45, 2.75) is 58.6 Å². The first-order chi connectivity index (χ1) is 9.31. The van der Waals surface area contributed by atoms with Crippen LogP contribution < -0.4 is 0 Å². The lowest BCUT2D eigenvalue weighted by atomic mass is 9.84. The largest absolute Gasteiger partial charge is 0.392 e. The second-order valence-corrected chi connectivity index (χ2v) is 5.59. The molecular formula is C17H27NO. The van der Waals surface area contributed by atoms with E-state index in [1.54, 1.807) is 0 Å². The van der Waals surface area contributed by atoms with Gasteiger partial charge < -0.3 is 5.11 Å². The molecule has 1 aliphatic rings. The normalized spacial score (nSPS) is 18.6. The summed E-state index contributed by atoms with van der Waals surface area (Å²) in [6.07, 6.45) is 6.08. The van der Waals surface area contributed by atoms with Crippen LogP contribution in [0.1, 0.15) is 62.3 Å². The Balaban J connectivity index is 2.30. The molecule has 0 amide bonds. The van der Waals surface area contributed by atoms with Crippen molar-refractivity contribution in [3.63, 3.8) is 0 Å². The number of aliphatic hydroxyl groups excluding tert-OH is 1. The predicted molar refractivity (Wildman–Crippen MR) is 80.2 cm³/mol. The molecule has 1 aromatic carbocycles. The highest BCUT2D eigenvalue weighted by Gasteiger charge is 2.26. The molecule has 0 bridgehead atoms. The zero-order valence-corrected chi connectivity index (χ0v) is 12.4. The molecule has 0 saturated carbocycles. The lowest BCUT2D eigenvalue weighted by molar-refractivity contribution is 0.178. The van der Waals surface area contributed by atoms with Crippen LogP contribution in [0.3, 0.4) is 0 Å². The van der Waals surface area contributed by atoms with Crippen molar-refractivity contribution in [3.05, 3.63) is 34.9 Å². The Hall–Kier alpha value is -0.860. The zero-order valence-electron chi connectivity index (χ0n) is 12.4. The van der Waals surface area contributed by atoms with Crippen LogP contribution in [0.2, 0.25) is 0 Å². The van der Waals surface area contributed by atoms with Crippen molar-refractivity contribution in [2.75, 3.05) is 13.1 Å². The topological polar surface area (TPSA) is 23.5 Å². The summed E-state index contributed by atoms with van der Waals surface area (Å²) in [6, 6.07) is 7.02. The van der Waals surface area contributed by atoms with E-state index < -0.39 is 0 Å². The van der Waals surface area contributed by atoms with Gasteiger partial charge in [0.2, 0.25) is 0 Å². The van der Waals surface area contributed by atoms with Gasteiger partial charge in [0.15, 0.2) is 0 Å². The Morgan fingerprint density at radius 2 is 1.95 bits per heavy atom. The maximum absolute atomic E-state index is 9.51. The van der Waals surface area contributed by atoms with Crippen LogP contribution in [0, 0.1) is 0 Å². The third kappa shape index (κ3) is 3.18. The van der Waals surface area contributed by atoms with Gasteiger partial charge in [0.25, 0.3) is 0 Å². The molecule has 0 aromatic heterocycles. The van der Waals surface area contributed by atoms with Crippen LogP contribution in [0.15, 0.2) is 18.2 Å². The summed E-state index contributed by atoms with van der Waals surface area (Å²) in [7, 11) is 0. The first kappa shape index (κ1) is 14.5. The van der Waals surface area contributed by atoms with Gasteiger partial charge in [0.1, 0.15) is 0 Å². The van der Waals surface area contributed by atoms with Crippen molar-refractivity contribution in [2.24, 2.45) is 0 Å². The van der Waals surface area contributed by atoms with Crippen molar-refractivity contribution in [3.8, 4) is 0 Å². The SMILES string of the molecule is CCCN(CCC)C1CCCc2c(CO)cccc21. The molecular weight excluding hydrogens is 234 g/mol. The molecule has 2 heteroatoms. The van der Waals surface area contributed by atoms with Crippen molar-refractivity contribution < 1.29 is 5.11 Å². The molecule has 0 saturated heterocycles. The van der Waals surface area contributed by atoms with Gasteiger partial charge in [0.05, 0.1) is 6.61 Å². The third-order valence-corrected chi connectivity index (χ3v) is 4.21. The van der Waals surface area contributed by atoms with Crippen LogP contribution in [-0.2, 0) is 13.0 Å². The van der Waals surface area contributed by atoms with E-state index in [1.807, 2.05) is 0 Å². The summed E-state index contributed by atoms with van der Waals surface area (Å²) >= 11 is 0. The first-order valence-electron chi connectivity index (χ1n) is 7.77. The fourth-order valence-corrected chi connectivity index (χ4v) is 3.42. The number of hydrogen-bond acceptors (Lipinski definition) is 2. The minimum Gasteiger partial charge on any atom is -0.392 e. The molecule has 0 heterocycles. The van der Waals surface area contributed by atoms with E-state index in [0.717, 1.165) is 12.0 Å². The van der Waals surface area contributed by atoms with Gasteiger partial charge in [-0.15, -0.1) is 0 Å². The fourth-order valence-electron chi connectivity index (χ4n) is 3.42. The smallest absolute Gasteiger partial charge is 0.0684 e. The lowest BCUT2D eigenvalue weighted by Crippen LogP contribution is -2.33. The predicted octanol–water partition coefficient (Wildman–Crippen LogP) is 3.68. The van der Waals surface area contributed by atoms with E-state index in [0.29, 0.717) is 6.04 Å². The minimum atomic E-state index is 0.178. The molecule has 1 aromatic rings. The van der Waals surface area contributed by atoms with E-state index in [1.165, 1.54) is 49.9 Å². The molecule has 0 spiro atoms. The summed E-state index contributed by atoms with van der Waals surface area (Å²) in [5.41, 5.74) is 4.02. The molecule has 106 valence electrons. The van der Waals surface area contributed by atoms with Crippen molar-refractivity contribution >= 4 is 0 Å². The zero-order chi connectivity index (χ0) is 13.7. The van der Waals surface area contributed by atoms with Gasteiger partial charge in [-0.05, 0) is 61.9 Å². The number of hydrogen-bond donors (Lipinski definition) is 1. The molecule has 1 atom stereocenters. The third-order valence-electron chi connectivity index (χ3n) is 4.21. The van der Waals surface area contributed by atoms with Crippen LogP contribution in [-0.4, -0.2) is 23.1 Å². The quantitative estimate of drug-likeness (QED) is 0.844. The van der Waals surface area contributed by atoms with Crippen LogP contribution in [0.25, 0.3) is 0 Å². The average Bonchev–Trinajstić information content (AvgIpc) is 2.46. The Morgan fingerprint density at radius 3 is 2.58 bits per heavy atom. The van der Waals surface area contributed by atoms with Gasteiger partial charge >= 0.3 is 0 Å². The summed E-state index contributed by atoms with van der Waals surface area (Å²) in [5, 5.41) is 9.51. The number of rotatable bonds is 6. The molecule has 2 nitrogen and oxygen atoms in total. The number of nitrogens with zero attached hydrogens (tertiary/aromatic N) is 1. The highest BCUT2D eigenvalue weighted by atomic mass is 16.3. The Kier molecular flexibility index (Phi) is 5.41. The standard InChI is InChI=1S/C17H27NO/c1-3-11-18(12-4-2)17-10-6-8-15-14(13-19)7-5-9-16(15)17/h5,7,9,17,19H,3-4,6,8,10-13H2,1-2H3. The number of aliphatic hydroxyl groups is 1. The van der Waals surface area contributed by atoms with E-state index in [2.05, 4.69) is 36.9 Å². The molecule has 2 rings (SSSR count). The Labute approximate surface area is 117 Å². The van der Waals surface area contributed by atoms with Crippen molar-refractivity contribution in [1.29, 1.82) is 0 Å². The molecule has 0 aliphatic heterocycles.